The van der Waals surface area contributed by atoms with Gasteiger partial charge < -0.3 is 20.7 Å². The summed E-state index contributed by atoms with van der Waals surface area (Å²) in [5.74, 6) is 0.532. The summed E-state index contributed by atoms with van der Waals surface area (Å²) in [7, 11) is 0. The summed E-state index contributed by atoms with van der Waals surface area (Å²) in [6, 6.07) is 9.16. The number of H-pyrrole nitrogens is 1. The number of aliphatic imine (C=N–C) groups is 1. The lowest BCUT2D eigenvalue weighted by Gasteiger charge is -2.08. The molecule has 114 valence electrons. The first kappa shape index (κ1) is 14.6. The van der Waals surface area contributed by atoms with Crippen molar-refractivity contribution in [3.63, 3.8) is 0 Å². The van der Waals surface area contributed by atoms with Gasteiger partial charge in [-0.15, -0.1) is 0 Å². The van der Waals surface area contributed by atoms with E-state index in [-0.39, 0.29) is 5.91 Å². The Bertz CT molecular complexity index is 711. The number of carbonyl (C=O) groups excluding carboxylic acids is 1. The number of thioether (sulfide) groups is 1. The van der Waals surface area contributed by atoms with Crippen LogP contribution in [0.5, 0.6) is 0 Å². The van der Waals surface area contributed by atoms with Gasteiger partial charge in [0.05, 0.1) is 12.1 Å². The van der Waals surface area contributed by atoms with E-state index in [1.165, 1.54) is 18.1 Å². The fourth-order valence-electron chi connectivity index (χ4n) is 1.93. The lowest BCUT2D eigenvalue weighted by atomic mass is 10.3. The number of hydrogen-bond acceptors (Lipinski definition) is 6. The average molecular weight is 317 g/mol. The largest absolute Gasteiger partial charge is 0.369 e. The van der Waals surface area contributed by atoms with Gasteiger partial charge in [-0.05, 0) is 19.1 Å². The van der Waals surface area contributed by atoms with Crippen molar-refractivity contribution in [1.29, 1.82) is 0 Å². The Hall–Kier alpha value is -2.32. The number of benzene rings is 1. The third kappa shape index (κ3) is 3.29. The van der Waals surface area contributed by atoms with Crippen LogP contribution < -0.4 is 10.6 Å². The van der Waals surface area contributed by atoms with Gasteiger partial charge in [0, 0.05) is 5.69 Å². The van der Waals surface area contributed by atoms with E-state index >= 15 is 0 Å². The van der Waals surface area contributed by atoms with E-state index in [0.29, 0.717) is 28.1 Å². The van der Waals surface area contributed by atoms with Gasteiger partial charge in [-0.2, -0.15) is 0 Å². The summed E-state index contributed by atoms with van der Waals surface area (Å²) in [4.78, 5) is 23.3. The zero-order valence-corrected chi connectivity index (χ0v) is 12.6. The molecule has 0 spiro atoms. The molecule has 0 unspecified atom stereocenters. The number of amides is 1. The Kier molecular flexibility index (Phi) is 3.86. The van der Waals surface area contributed by atoms with Gasteiger partial charge in [-0.25, -0.2) is 9.98 Å². The van der Waals surface area contributed by atoms with Crippen molar-refractivity contribution in [3.8, 4) is 0 Å². The number of carbonyl (C=O) groups is 1. The van der Waals surface area contributed by atoms with Crippen LogP contribution >= 0.6 is 11.8 Å². The zero-order valence-electron chi connectivity index (χ0n) is 11.8. The van der Waals surface area contributed by atoms with Crippen molar-refractivity contribution in [1.82, 2.24) is 9.97 Å². The molecule has 2 heterocycles. The third-order valence-corrected chi connectivity index (χ3v) is 4.11. The van der Waals surface area contributed by atoms with E-state index in [2.05, 4.69) is 25.6 Å². The van der Waals surface area contributed by atoms with E-state index in [4.69, 9.17) is 0 Å². The van der Waals surface area contributed by atoms with Gasteiger partial charge in [0.15, 0.2) is 16.7 Å². The Morgan fingerprint density at radius 1 is 1.41 bits per heavy atom. The van der Waals surface area contributed by atoms with Crippen molar-refractivity contribution >= 4 is 34.3 Å². The van der Waals surface area contributed by atoms with E-state index in [1.54, 1.807) is 19.1 Å². The summed E-state index contributed by atoms with van der Waals surface area (Å²) in [5.41, 5.74) is -0.0854. The second-order valence-corrected chi connectivity index (χ2v) is 5.96. The molecule has 22 heavy (non-hydrogen) atoms. The highest BCUT2D eigenvalue weighted by molar-refractivity contribution is 8.14. The summed E-state index contributed by atoms with van der Waals surface area (Å²) < 4.78 is 0. The molecule has 1 aliphatic rings. The van der Waals surface area contributed by atoms with Crippen molar-refractivity contribution in [2.75, 3.05) is 16.4 Å². The van der Waals surface area contributed by atoms with Crippen LogP contribution in [0.15, 0.2) is 41.7 Å². The minimum absolute atomic E-state index is 0.304. The average Bonchev–Trinajstić information content (AvgIpc) is 3.07. The number of hydrogen-bond donors (Lipinski definition) is 4. The summed E-state index contributed by atoms with van der Waals surface area (Å²) in [6.07, 6.45) is 1.43. The summed E-state index contributed by atoms with van der Waals surface area (Å²) in [6.45, 7) is 1.63. The van der Waals surface area contributed by atoms with Crippen molar-refractivity contribution in [3.05, 3.63) is 42.4 Å². The molecule has 2 aromatic rings. The molecule has 4 N–H and O–H groups in total. The molecule has 3 rings (SSSR count). The molecule has 0 saturated carbocycles. The second kappa shape index (κ2) is 5.82. The van der Waals surface area contributed by atoms with Gasteiger partial charge in [0.1, 0.15) is 5.69 Å². The standard InChI is InChI=1S/C14H15N5O2S/c1-14(21)7-22-13(19-14)18-11-10(15-8-16-11)12(20)17-9-5-3-2-4-6-9/h2-6,8,21H,7H2,1H3,(H,15,16)(H,17,20)(H,18,19)/t14-/m1/s1. The molecule has 8 heteroatoms. The highest BCUT2D eigenvalue weighted by Crippen LogP contribution is 2.26. The molecule has 1 atom stereocenters. The fourth-order valence-corrected chi connectivity index (χ4v) is 2.84. The molecule has 7 nitrogen and oxygen atoms in total. The Morgan fingerprint density at radius 2 is 2.18 bits per heavy atom. The van der Waals surface area contributed by atoms with Gasteiger partial charge in [0.2, 0.25) is 0 Å². The van der Waals surface area contributed by atoms with Crippen LogP contribution in [0.2, 0.25) is 0 Å². The highest BCUT2D eigenvalue weighted by atomic mass is 32.2. The lowest BCUT2D eigenvalue weighted by Crippen LogP contribution is -2.20. The molecule has 0 radical (unpaired) electrons. The maximum atomic E-state index is 12.3. The van der Waals surface area contributed by atoms with Crippen molar-refractivity contribution in [2.24, 2.45) is 4.99 Å². The number of aromatic nitrogens is 2. The van der Waals surface area contributed by atoms with Crippen LogP contribution in [0.25, 0.3) is 0 Å². The van der Waals surface area contributed by atoms with Crippen LogP contribution in [0.3, 0.4) is 0 Å². The SMILES string of the molecule is C[C@@]1(O)CSC(Nc2nc[nH]c2C(=O)Nc2ccccc2)=N1. The topological polar surface area (TPSA) is 102 Å². The number of anilines is 2. The number of nitrogens with one attached hydrogen (secondary N) is 3. The Labute approximate surface area is 131 Å². The van der Waals surface area contributed by atoms with Crippen LogP contribution in [0.1, 0.15) is 17.4 Å². The van der Waals surface area contributed by atoms with Gasteiger partial charge >= 0.3 is 0 Å². The fraction of sp³-hybridized carbons (Fsp3) is 0.214. The number of imidazole rings is 1. The molecule has 1 aromatic heterocycles. The van der Waals surface area contributed by atoms with Crippen molar-refractivity contribution in [2.45, 2.75) is 12.6 Å². The number of aromatic amines is 1. The highest BCUT2D eigenvalue weighted by Gasteiger charge is 2.28. The monoisotopic (exact) mass is 317 g/mol. The number of aliphatic hydroxyl groups is 1. The molecule has 0 bridgehead atoms. The second-order valence-electron chi connectivity index (χ2n) is 4.99. The van der Waals surface area contributed by atoms with Gasteiger partial charge in [0.25, 0.3) is 5.91 Å². The Balaban J connectivity index is 1.74. The van der Waals surface area contributed by atoms with Crippen LogP contribution in [0.4, 0.5) is 11.5 Å². The lowest BCUT2D eigenvalue weighted by molar-refractivity contribution is 0.0987. The van der Waals surface area contributed by atoms with Gasteiger partial charge in [-0.3, -0.25) is 4.79 Å². The normalized spacial score (nSPS) is 20.5. The number of para-hydroxylation sites is 1. The molecule has 1 aliphatic heterocycles. The van der Waals surface area contributed by atoms with Crippen LogP contribution in [0, 0.1) is 0 Å². The molecule has 0 aliphatic carbocycles. The van der Waals surface area contributed by atoms with E-state index < -0.39 is 5.72 Å². The van der Waals surface area contributed by atoms with Crippen molar-refractivity contribution < 1.29 is 9.90 Å². The number of rotatable bonds is 3. The van der Waals surface area contributed by atoms with Crippen LogP contribution in [-0.2, 0) is 0 Å². The first-order valence-corrected chi connectivity index (χ1v) is 7.64. The molecule has 0 fully saturated rings. The number of nitrogens with zero attached hydrogens (tertiary/aromatic N) is 2. The molecule has 0 saturated heterocycles. The Morgan fingerprint density at radius 3 is 2.86 bits per heavy atom. The maximum absolute atomic E-state index is 12.3. The van der Waals surface area contributed by atoms with E-state index in [1.807, 2.05) is 18.2 Å². The van der Waals surface area contributed by atoms with E-state index in [0.717, 1.165) is 0 Å². The summed E-state index contributed by atoms with van der Waals surface area (Å²) >= 11 is 1.38. The zero-order chi connectivity index (χ0) is 15.6. The summed E-state index contributed by atoms with van der Waals surface area (Å²) in [5, 5.41) is 16.1. The first-order valence-electron chi connectivity index (χ1n) is 6.65. The third-order valence-electron chi connectivity index (χ3n) is 2.95. The molecule has 1 amide bonds. The minimum Gasteiger partial charge on any atom is -0.369 e. The van der Waals surface area contributed by atoms with E-state index in [9.17, 15) is 9.90 Å². The molecular weight excluding hydrogens is 302 g/mol. The van der Waals surface area contributed by atoms with Crippen LogP contribution in [-0.4, -0.2) is 37.6 Å². The number of amidine groups is 1. The predicted molar refractivity (Wildman–Crippen MR) is 87.1 cm³/mol. The molecule has 1 aromatic carbocycles. The molecular formula is C14H15N5O2S. The first-order chi connectivity index (χ1) is 10.5. The minimum atomic E-state index is -1.09. The quantitative estimate of drug-likeness (QED) is 0.692. The van der Waals surface area contributed by atoms with Gasteiger partial charge in [-0.1, -0.05) is 30.0 Å². The maximum Gasteiger partial charge on any atom is 0.275 e. The predicted octanol–water partition coefficient (Wildman–Crippen LogP) is 1.89. The smallest absolute Gasteiger partial charge is 0.275 e.